The number of hydrogen-bond acceptors (Lipinski definition) is 12. The van der Waals surface area contributed by atoms with Gasteiger partial charge >= 0.3 is 5.97 Å². The third-order valence-corrected chi connectivity index (χ3v) is 12.5. The lowest BCUT2D eigenvalue weighted by Crippen LogP contribution is -2.23. The quantitative estimate of drug-likeness (QED) is 0.0154. The fraction of sp³-hybridized carbons (Fsp3) is 0.322. The van der Waals surface area contributed by atoms with Gasteiger partial charge in [0.2, 0.25) is 34.8 Å². The molecule has 22 heteroatoms. The van der Waals surface area contributed by atoms with Crippen LogP contribution in [0.2, 0.25) is 10.0 Å². The first-order chi connectivity index (χ1) is 37.8. The smallest absolute Gasteiger partial charge is 0.343 e. The van der Waals surface area contributed by atoms with E-state index in [4.69, 9.17) is 43.5 Å². The fourth-order valence-electron chi connectivity index (χ4n) is 8.06. The Balaban J connectivity index is 0.000000268. The number of carbonyl (C=O) groups is 4. The van der Waals surface area contributed by atoms with Gasteiger partial charge in [-0.3, -0.25) is 14.4 Å². The van der Waals surface area contributed by atoms with Gasteiger partial charge in [-0.05, 0) is 107 Å². The molecule has 0 spiro atoms. The number of nitrogens with two attached hydrogens (primary N) is 1. The fourth-order valence-corrected chi connectivity index (χ4v) is 8.51. The molecule has 0 amide bonds. The molecule has 0 unspecified atom stereocenters. The van der Waals surface area contributed by atoms with E-state index >= 15 is 0 Å². The van der Waals surface area contributed by atoms with Gasteiger partial charge in [0.15, 0.2) is 29.0 Å². The number of rotatable bonds is 21. The summed E-state index contributed by atoms with van der Waals surface area (Å²) in [4.78, 5) is 56.7. The highest BCUT2D eigenvalue weighted by Crippen LogP contribution is 2.33. The summed E-state index contributed by atoms with van der Waals surface area (Å²) in [5.74, 6) is -12.8. The lowest BCUT2D eigenvalue weighted by atomic mass is 9.89. The Labute approximate surface area is 482 Å². The first-order valence-electron chi connectivity index (χ1n) is 25.3. The molecule has 0 aliphatic heterocycles. The molecule has 0 aliphatic carbocycles. The summed E-state index contributed by atoms with van der Waals surface area (Å²) in [6.07, 6.45) is 6.31. The van der Waals surface area contributed by atoms with E-state index in [1.165, 1.54) is 19.9 Å². The highest BCUT2D eigenvalue weighted by molar-refractivity contribution is 6.32. The molecule has 0 saturated carbocycles. The van der Waals surface area contributed by atoms with Crippen molar-refractivity contribution < 1.29 is 65.6 Å². The van der Waals surface area contributed by atoms with Crippen LogP contribution in [0.3, 0.4) is 0 Å². The van der Waals surface area contributed by atoms with Crippen molar-refractivity contribution >= 4 is 58.9 Å². The third kappa shape index (κ3) is 18.5. The average Bonchev–Trinajstić information content (AvgIpc) is 4.08. The van der Waals surface area contributed by atoms with Gasteiger partial charge in [0.05, 0.1) is 39.2 Å². The lowest BCUT2D eigenvalue weighted by molar-refractivity contribution is 0.0715. The standard InChI is InChI=1S/C27H31ClN2O4.C16H10ClF5O3.C16H21N3O2.ClH/c1-17(2)34-26-10-9-22(15-23(26)28)25(33)14-20(11-12-31)13-19-5-7-21(8-6-19)24-16-30(4)27(29-24)18(3)32;1-6(2)24-9-4-3-7(5-8(9)17)16(23)25-15-13(21)11(19)10(18)12(20)14(15)22;1-11(21)16-18-15(10-19(16)2)13-5-3-12(4-6-13)9-14(17)7-8-20;/h5-10,15-17,20,31H,11-14H2,1-4H3;3-6H,1-2H3;3-6,10,14,20H,7-9,17H2,1-2H3;1H/t20-;;14-;/m1.1./s1. The van der Waals surface area contributed by atoms with Crippen LogP contribution < -0.4 is 19.9 Å². The zero-order valence-electron chi connectivity index (χ0n) is 45.7. The predicted molar refractivity (Wildman–Crippen MR) is 301 cm³/mol. The normalized spacial score (nSPS) is 11.7. The molecule has 5 aromatic carbocycles. The maximum absolute atomic E-state index is 13.5. The topological polar surface area (TPSA) is 198 Å². The molecule has 0 radical (unpaired) electrons. The lowest BCUT2D eigenvalue weighted by Gasteiger charge is -2.16. The van der Waals surface area contributed by atoms with E-state index in [-0.39, 0.29) is 83.5 Å². The highest BCUT2D eigenvalue weighted by atomic mass is 35.5. The maximum Gasteiger partial charge on any atom is 0.343 e. The maximum atomic E-state index is 13.5. The minimum atomic E-state index is -2.35. The monoisotopic (exact) mass is 1190 g/mol. The number of aliphatic hydroxyl groups is 2. The summed E-state index contributed by atoms with van der Waals surface area (Å²) in [6, 6.07) is 24.5. The van der Waals surface area contributed by atoms with Crippen LogP contribution in [0.4, 0.5) is 22.0 Å². The number of hydrogen-bond donors (Lipinski definition) is 3. The van der Waals surface area contributed by atoms with Crippen molar-refractivity contribution in [3.05, 3.63) is 170 Å². The summed E-state index contributed by atoms with van der Waals surface area (Å²) in [5.41, 5.74) is 11.8. The molecule has 2 aromatic heterocycles. The largest absolute Gasteiger partial charge is 0.489 e. The highest BCUT2D eigenvalue weighted by Gasteiger charge is 2.29. The number of aliphatic hydroxyl groups excluding tert-OH is 2. The molecule has 4 N–H and O–H groups in total. The van der Waals surface area contributed by atoms with Crippen molar-refractivity contribution in [3.8, 4) is 39.8 Å². The van der Waals surface area contributed by atoms with Crippen LogP contribution >= 0.6 is 35.6 Å². The molecule has 7 aromatic rings. The van der Waals surface area contributed by atoms with Gasteiger partial charge in [-0.2, -0.15) is 8.78 Å². The van der Waals surface area contributed by atoms with Crippen LogP contribution in [-0.4, -0.2) is 84.1 Å². The molecule has 0 saturated heterocycles. The van der Waals surface area contributed by atoms with E-state index in [1.807, 2.05) is 81.8 Å². The first-order valence-corrected chi connectivity index (χ1v) is 26.0. The SMILES string of the molecule is CC(=O)c1nc(-c2ccc(C[C@@H](CCO)CC(=O)c3ccc(OC(C)C)c(Cl)c3)cc2)cn1C.CC(=O)c1nc(-c2ccc(C[C@H](N)CCO)cc2)cn1C.CC(C)Oc1ccc(C(=O)Oc2c(F)c(F)c(F)c(F)c2F)cc1Cl.Cl. The molecule has 0 aliphatic rings. The molecule has 0 fully saturated rings. The number of esters is 1. The summed E-state index contributed by atoms with van der Waals surface area (Å²) >= 11 is 12.2. The Morgan fingerprint density at radius 1 is 0.605 bits per heavy atom. The van der Waals surface area contributed by atoms with Crippen LogP contribution in [0, 0.1) is 35.0 Å². The van der Waals surface area contributed by atoms with E-state index in [0.717, 1.165) is 52.2 Å². The molecule has 2 heterocycles. The van der Waals surface area contributed by atoms with Crippen LogP contribution in [-0.2, 0) is 26.9 Å². The van der Waals surface area contributed by atoms with Crippen molar-refractivity contribution in [2.24, 2.45) is 25.7 Å². The Morgan fingerprint density at radius 2 is 1.01 bits per heavy atom. The second-order valence-corrected chi connectivity index (χ2v) is 20.0. The van der Waals surface area contributed by atoms with Crippen LogP contribution in [0.25, 0.3) is 22.5 Å². The van der Waals surface area contributed by atoms with Crippen LogP contribution in [0.5, 0.6) is 17.2 Å². The number of aryl methyl sites for hydroxylation is 2. The van der Waals surface area contributed by atoms with E-state index in [2.05, 4.69) is 14.7 Å². The Bertz CT molecular complexity index is 3270. The van der Waals surface area contributed by atoms with Gasteiger partial charge in [0, 0.05) is 82.7 Å². The van der Waals surface area contributed by atoms with Gasteiger partial charge < -0.3 is 39.3 Å². The van der Waals surface area contributed by atoms with Crippen molar-refractivity contribution in [2.45, 2.75) is 91.9 Å². The second kappa shape index (κ2) is 30.7. The predicted octanol–water partition coefficient (Wildman–Crippen LogP) is 12.5. The summed E-state index contributed by atoms with van der Waals surface area (Å²) in [6.45, 7) is 10.4. The molecule has 434 valence electrons. The zero-order valence-corrected chi connectivity index (χ0v) is 48.0. The number of carbonyl (C=O) groups excluding carboxylic acids is 4. The summed E-state index contributed by atoms with van der Waals surface area (Å²) in [5, 5.41) is 18.8. The molecule has 14 nitrogen and oxygen atoms in total. The Morgan fingerprint density at radius 3 is 1.41 bits per heavy atom. The van der Waals surface area contributed by atoms with E-state index in [1.54, 1.807) is 48.2 Å². The number of benzene rings is 5. The van der Waals surface area contributed by atoms with Crippen LogP contribution in [0.1, 0.15) is 114 Å². The molecular formula is C59H63Cl3F5N5O9. The summed E-state index contributed by atoms with van der Waals surface area (Å²) < 4.78 is 85.0. The number of Topliss-reactive ketones (excluding diaryl/α,β-unsaturated/α-hetero) is 3. The number of halogens is 8. The molecular weight excluding hydrogens is 1120 g/mol. The molecule has 2 atom stereocenters. The first kappa shape index (κ1) is 66.5. The minimum absolute atomic E-state index is 0. The molecule has 7 rings (SSSR count). The minimum Gasteiger partial charge on any atom is -0.489 e. The van der Waals surface area contributed by atoms with Crippen molar-refractivity contribution in [1.82, 2.24) is 19.1 Å². The number of imidazole rings is 2. The van der Waals surface area contributed by atoms with E-state index < -0.39 is 40.8 Å². The van der Waals surface area contributed by atoms with Crippen LogP contribution in [0.15, 0.2) is 97.3 Å². The molecule has 81 heavy (non-hydrogen) atoms. The van der Waals surface area contributed by atoms with Gasteiger partial charge in [-0.15, -0.1) is 12.4 Å². The number of nitrogens with zero attached hydrogens (tertiary/aromatic N) is 4. The van der Waals surface area contributed by atoms with E-state index in [9.17, 15) is 46.2 Å². The van der Waals surface area contributed by atoms with Crippen molar-refractivity contribution in [1.29, 1.82) is 0 Å². The van der Waals surface area contributed by atoms with Gasteiger partial charge in [0.1, 0.15) is 11.5 Å². The number of ether oxygens (including phenoxy) is 3. The average molecular weight is 1190 g/mol. The van der Waals surface area contributed by atoms with Gasteiger partial charge in [-0.1, -0.05) is 71.7 Å². The Kier molecular flexibility index (Phi) is 25.2. The third-order valence-electron chi connectivity index (χ3n) is 11.9. The van der Waals surface area contributed by atoms with E-state index in [0.29, 0.717) is 53.7 Å². The Hall–Kier alpha value is -7.00. The number of aromatic nitrogens is 4. The van der Waals surface area contributed by atoms with Crippen molar-refractivity contribution in [2.75, 3.05) is 13.2 Å². The summed E-state index contributed by atoms with van der Waals surface area (Å²) in [7, 11) is 3.62. The van der Waals surface area contributed by atoms with Gasteiger partial charge in [-0.25, -0.2) is 27.9 Å². The molecule has 0 bridgehead atoms. The van der Waals surface area contributed by atoms with Gasteiger partial charge in [0.25, 0.3) is 0 Å². The number of ketones is 3. The van der Waals surface area contributed by atoms with Crippen molar-refractivity contribution in [3.63, 3.8) is 0 Å². The zero-order chi connectivity index (χ0) is 59.1. The second-order valence-electron chi connectivity index (χ2n) is 19.2.